The van der Waals surface area contributed by atoms with Crippen LogP contribution in [-0.2, 0) is 17.5 Å². The maximum absolute atomic E-state index is 13.0. The topological polar surface area (TPSA) is 76.1 Å². The highest BCUT2D eigenvalue weighted by atomic mass is 35.5. The number of hydrogen-bond acceptors (Lipinski definition) is 7. The zero-order valence-corrected chi connectivity index (χ0v) is 20.9. The van der Waals surface area contributed by atoms with Gasteiger partial charge in [0.25, 0.3) is 0 Å². The van der Waals surface area contributed by atoms with Crippen molar-refractivity contribution in [1.82, 2.24) is 24.8 Å². The van der Waals surface area contributed by atoms with E-state index in [9.17, 15) is 13.2 Å². The Kier molecular flexibility index (Phi) is 6.98. The summed E-state index contributed by atoms with van der Waals surface area (Å²) in [6, 6.07) is 10.1. The van der Waals surface area contributed by atoms with Crippen LogP contribution in [0, 0.1) is 0 Å². The molecule has 1 fully saturated rings. The predicted molar refractivity (Wildman–Crippen MR) is 136 cm³/mol. The van der Waals surface area contributed by atoms with E-state index in [2.05, 4.69) is 20.2 Å². The number of benzene rings is 1. The van der Waals surface area contributed by atoms with E-state index in [4.69, 9.17) is 26.3 Å². The first kappa shape index (κ1) is 25.3. The molecule has 1 saturated heterocycles. The molecular formula is C26H24ClF3N6O. The van der Waals surface area contributed by atoms with E-state index in [1.165, 1.54) is 12.1 Å². The number of nitrogens with zero attached hydrogens (tertiary/aromatic N) is 5. The monoisotopic (exact) mass is 528 g/mol. The van der Waals surface area contributed by atoms with Gasteiger partial charge in [-0.3, -0.25) is 9.88 Å². The lowest BCUT2D eigenvalue weighted by Crippen LogP contribution is -2.45. The number of anilines is 2. The Balaban J connectivity index is 1.54. The number of hydrogen-bond donors (Lipinski definition) is 1. The lowest BCUT2D eigenvalue weighted by atomic mass is 10.1. The normalized spacial score (nSPS) is 18.8. The molecule has 7 nitrogen and oxygen atoms in total. The molecule has 0 bridgehead atoms. The molecule has 4 aromatic rings. The van der Waals surface area contributed by atoms with Gasteiger partial charge in [-0.05, 0) is 56.3 Å². The Morgan fingerprint density at radius 3 is 2.46 bits per heavy atom. The molecule has 1 aliphatic rings. The van der Waals surface area contributed by atoms with Crippen LogP contribution in [0.5, 0.6) is 0 Å². The Bertz CT molecular complexity index is 1410. The summed E-state index contributed by atoms with van der Waals surface area (Å²) in [6.45, 7) is 5.98. The van der Waals surface area contributed by atoms with E-state index < -0.39 is 11.7 Å². The largest absolute Gasteiger partial charge is 0.416 e. The average Bonchev–Trinajstić information content (AvgIpc) is 2.83. The number of rotatable bonds is 5. The Hall–Kier alpha value is -3.34. The molecule has 0 amide bonds. The molecule has 1 aromatic carbocycles. The second kappa shape index (κ2) is 10.2. The van der Waals surface area contributed by atoms with Crippen LogP contribution in [0.2, 0.25) is 5.02 Å². The van der Waals surface area contributed by atoms with E-state index in [1.807, 2.05) is 19.9 Å². The van der Waals surface area contributed by atoms with Gasteiger partial charge in [-0.15, -0.1) is 0 Å². The van der Waals surface area contributed by atoms with Gasteiger partial charge in [0.05, 0.1) is 40.5 Å². The quantitative estimate of drug-likeness (QED) is 0.335. The Labute approximate surface area is 216 Å². The highest BCUT2D eigenvalue weighted by Crippen LogP contribution is 2.32. The van der Waals surface area contributed by atoms with Gasteiger partial charge in [-0.2, -0.15) is 13.2 Å². The third-order valence-electron chi connectivity index (χ3n) is 5.95. The molecule has 1 aliphatic heterocycles. The summed E-state index contributed by atoms with van der Waals surface area (Å²) in [7, 11) is 0. The van der Waals surface area contributed by atoms with Gasteiger partial charge < -0.3 is 10.1 Å². The molecule has 0 radical (unpaired) electrons. The van der Waals surface area contributed by atoms with Crippen molar-refractivity contribution in [2.45, 2.75) is 38.8 Å². The van der Waals surface area contributed by atoms with E-state index in [-0.39, 0.29) is 12.2 Å². The summed E-state index contributed by atoms with van der Waals surface area (Å²) >= 11 is 6.35. The van der Waals surface area contributed by atoms with Crippen LogP contribution < -0.4 is 5.32 Å². The molecule has 37 heavy (non-hydrogen) atoms. The molecule has 3 aromatic heterocycles. The van der Waals surface area contributed by atoms with Gasteiger partial charge in [0.1, 0.15) is 11.3 Å². The van der Waals surface area contributed by atoms with Crippen LogP contribution in [0.15, 0.2) is 54.9 Å². The van der Waals surface area contributed by atoms with Crippen molar-refractivity contribution in [3.05, 3.63) is 71.3 Å². The number of ether oxygens (including phenoxy) is 1. The number of alkyl halides is 3. The van der Waals surface area contributed by atoms with Crippen LogP contribution in [-0.4, -0.2) is 50.1 Å². The highest BCUT2D eigenvalue weighted by Gasteiger charge is 2.30. The van der Waals surface area contributed by atoms with E-state index >= 15 is 0 Å². The number of aromatic nitrogens is 4. The van der Waals surface area contributed by atoms with Crippen molar-refractivity contribution in [3.63, 3.8) is 0 Å². The second-order valence-electron chi connectivity index (χ2n) is 9.07. The van der Waals surface area contributed by atoms with Crippen LogP contribution in [0.25, 0.3) is 22.3 Å². The summed E-state index contributed by atoms with van der Waals surface area (Å²) in [4.78, 5) is 20.6. The fraction of sp³-hybridized carbons (Fsp3) is 0.308. The highest BCUT2D eigenvalue weighted by molar-refractivity contribution is 6.33. The van der Waals surface area contributed by atoms with Crippen molar-refractivity contribution >= 4 is 34.1 Å². The third kappa shape index (κ3) is 5.82. The zero-order chi connectivity index (χ0) is 26.2. The minimum Gasteiger partial charge on any atom is -0.373 e. The standard InChI is InChI=1S/C26H24ClF3N6O/c1-15-12-36(13-16(2)37-15)14-22-34-21-10-17(23-20(27)4-3-9-31-23)11-32-24(21)25(35-22)33-19-7-5-18(6-8-19)26(28,29)30/h3-11,15-16H,12-14H2,1-2H3,(H,33,34,35)/t15-,16+. The van der Waals surface area contributed by atoms with E-state index in [0.29, 0.717) is 51.2 Å². The predicted octanol–water partition coefficient (Wildman–Crippen LogP) is 6.11. The minimum absolute atomic E-state index is 0.0773. The second-order valence-corrected chi connectivity index (χ2v) is 9.47. The SMILES string of the molecule is C[C@@H]1CN(Cc2nc(Nc3ccc(C(F)(F)F)cc3)c3ncc(-c4ncccc4Cl)cc3n2)C[C@H](C)O1. The van der Waals surface area contributed by atoms with Crippen molar-refractivity contribution in [2.75, 3.05) is 18.4 Å². The average molecular weight is 529 g/mol. The number of morpholine rings is 1. The third-order valence-corrected chi connectivity index (χ3v) is 6.25. The molecule has 4 heterocycles. The number of pyridine rings is 2. The maximum Gasteiger partial charge on any atom is 0.416 e. The fourth-order valence-electron chi connectivity index (χ4n) is 4.45. The van der Waals surface area contributed by atoms with Gasteiger partial charge in [0.2, 0.25) is 0 Å². The van der Waals surface area contributed by atoms with Crippen LogP contribution in [0.3, 0.4) is 0 Å². The molecule has 5 rings (SSSR count). The van der Waals surface area contributed by atoms with Crippen LogP contribution in [0.4, 0.5) is 24.7 Å². The minimum atomic E-state index is -4.41. The first-order valence-corrected chi connectivity index (χ1v) is 12.1. The van der Waals surface area contributed by atoms with Gasteiger partial charge in [-0.1, -0.05) is 11.6 Å². The molecular weight excluding hydrogens is 505 g/mol. The van der Waals surface area contributed by atoms with E-state index in [1.54, 1.807) is 24.5 Å². The van der Waals surface area contributed by atoms with Crippen LogP contribution in [0.1, 0.15) is 25.2 Å². The smallest absolute Gasteiger partial charge is 0.373 e. The van der Waals surface area contributed by atoms with Crippen molar-refractivity contribution in [3.8, 4) is 11.3 Å². The molecule has 11 heteroatoms. The molecule has 1 N–H and O–H groups in total. The summed E-state index contributed by atoms with van der Waals surface area (Å²) < 4.78 is 44.9. The summed E-state index contributed by atoms with van der Waals surface area (Å²) in [5, 5.41) is 3.61. The molecule has 0 aliphatic carbocycles. The fourth-order valence-corrected chi connectivity index (χ4v) is 4.68. The number of halogens is 4. The number of nitrogens with one attached hydrogen (secondary N) is 1. The first-order valence-electron chi connectivity index (χ1n) is 11.8. The Morgan fingerprint density at radius 1 is 1.05 bits per heavy atom. The molecule has 2 atom stereocenters. The molecule has 192 valence electrons. The number of fused-ring (bicyclic) bond motifs is 1. The Morgan fingerprint density at radius 2 is 1.78 bits per heavy atom. The summed E-state index contributed by atoms with van der Waals surface area (Å²) in [5.41, 5.74) is 2.03. The lowest BCUT2D eigenvalue weighted by molar-refractivity contribution is -0.137. The maximum atomic E-state index is 13.0. The van der Waals surface area contributed by atoms with Crippen molar-refractivity contribution in [1.29, 1.82) is 0 Å². The summed E-state index contributed by atoms with van der Waals surface area (Å²) in [6.07, 6.45) is -0.982. The van der Waals surface area contributed by atoms with Gasteiger partial charge >= 0.3 is 6.18 Å². The summed E-state index contributed by atoms with van der Waals surface area (Å²) in [5.74, 6) is 0.946. The molecule has 0 saturated carbocycles. The van der Waals surface area contributed by atoms with Gasteiger partial charge in [-0.25, -0.2) is 15.0 Å². The van der Waals surface area contributed by atoms with Crippen molar-refractivity contribution in [2.24, 2.45) is 0 Å². The lowest BCUT2D eigenvalue weighted by Gasteiger charge is -2.34. The van der Waals surface area contributed by atoms with Gasteiger partial charge in [0, 0.05) is 36.7 Å². The molecule has 0 spiro atoms. The molecule has 0 unspecified atom stereocenters. The first-order chi connectivity index (χ1) is 17.7. The van der Waals surface area contributed by atoms with Gasteiger partial charge in [0.15, 0.2) is 5.82 Å². The van der Waals surface area contributed by atoms with Crippen LogP contribution >= 0.6 is 11.6 Å². The van der Waals surface area contributed by atoms with E-state index in [0.717, 1.165) is 25.2 Å². The van der Waals surface area contributed by atoms with Crippen molar-refractivity contribution < 1.29 is 17.9 Å². The zero-order valence-electron chi connectivity index (χ0n) is 20.1.